The Morgan fingerprint density at radius 3 is 2.05 bits per heavy atom. The SMILES string of the molecule is CC(C)(C)N1CCN(CC2(C(=O)O)CCCC2)CC1. The number of carbonyl (C=O) groups is 1. The Bertz CT molecular complexity index is 322. The second-order valence-corrected chi connectivity index (χ2v) is 7.23. The van der Waals surface area contributed by atoms with Crippen LogP contribution in [0.5, 0.6) is 0 Å². The van der Waals surface area contributed by atoms with Gasteiger partial charge in [0.15, 0.2) is 0 Å². The van der Waals surface area contributed by atoms with Crippen molar-refractivity contribution in [1.29, 1.82) is 0 Å². The Morgan fingerprint density at radius 1 is 1.11 bits per heavy atom. The van der Waals surface area contributed by atoms with Crippen molar-refractivity contribution in [2.45, 2.75) is 52.0 Å². The maximum atomic E-state index is 11.6. The van der Waals surface area contributed by atoms with Gasteiger partial charge in [-0.3, -0.25) is 14.6 Å². The Morgan fingerprint density at radius 2 is 1.63 bits per heavy atom. The maximum absolute atomic E-state index is 11.6. The summed E-state index contributed by atoms with van der Waals surface area (Å²) in [6.07, 6.45) is 3.88. The monoisotopic (exact) mass is 268 g/mol. The van der Waals surface area contributed by atoms with Crippen molar-refractivity contribution < 1.29 is 9.90 Å². The second kappa shape index (κ2) is 5.41. The second-order valence-electron chi connectivity index (χ2n) is 7.23. The first-order chi connectivity index (χ1) is 8.83. The molecule has 1 N–H and O–H groups in total. The molecule has 0 spiro atoms. The number of hydrogen-bond donors (Lipinski definition) is 1. The average molecular weight is 268 g/mol. The molecule has 19 heavy (non-hydrogen) atoms. The molecular weight excluding hydrogens is 240 g/mol. The molecule has 2 aliphatic rings. The van der Waals surface area contributed by atoms with E-state index in [4.69, 9.17) is 0 Å². The summed E-state index contributed by atoms with van der Waals surface area (Å²) < 4.78 is 0. The lowest BCUT2D eigenvalue weighted by atomic mass is 9.85. The Hall–Kier alpha value is -0.610. The smallest absolute Gasteiger partial charge is 0.310 e. The van der Waals surface area contributed by atoms with Crippen LogP contribution in [0.4, 0.5) is 0 Å². The lowest BCUT2D eigenvalue weighted by molar-refractivity contribution is -0.150. The van der Waals surface area contributed by atoms with Crippen LogP contribution in [0.1, 0.15) is 46.5 Å². The van der Waals surface area contributed by atoms with Gasteiger partial charge < -0.3 is 5.11 Å². The van der Waals surface area contributed by atoms with Gasteiger partial charge in [-0.15, -0.1) is 0 Å². The average Bonchev–Trinajstić information content (AvgIpc) is 2.78. The summed E-state index contributed by atoms with van der Waals surface area (Å²) in [7, 11) is 0. The van der Waals surface area contributed by atoms with Crippen LogP contribution in [0.25, 0.3) is 0 Å². The van der Waals surface area contributed by atoms with Crippen LogP contribution in [0.3, 0.4) is 0 Å². The third-order valence-corrected chi connectivity index (χ3v) is 4.86. The Kier molecular flexibility index (Phi) is 4.21. The minimum atomic E-state index is -0.580. The third-order valence-electron chi connectivity index (χ3n) is 4.86. The molecule has 1 aliphatic heterocycles. The molecule has 0 unspecified atom stereocenters. The van der Waals surface area contributed by atoms with Crippen molar-refractivity contribution in [1.82, 2.24) is 9.80 Å². The first-order valence-electron chi connectivity index (χ1n) is 7.54. The number of nitrogens with zero attached hydrogens (tertiary/aromatic N) is 2. The number of carboxylic acids is 1. The van der Waals surface area contributed by atoms with Crippen LogP contribution in [0.2, 0.25) is 0 Å². The molecule has 4 nitrogen and oxygen atoms in total. The van der Waals surface area contributed by atoms with Gasteiger partial charge >= 0.3 is 5.97 Å². The van der Waals surface area contributed by atoms with Crippen LogP contribution in [-0.2, 0) is 4.79 Å². The van der Waals surface area contributed by atoms with Gasteiger partial charge in [-0.25, -0.2) is 0 Å². The molecule has 110 valence electrons. The predicted molar refractivity (Wildman–Crippen MR) is 76.3 cm³/mol. The van der Waals surface area contributed by atoms with Gasteiger partial charge in [-0.2, -0.15) is 0 Å². The molecule has 0 amide bonds. The zero-order valence-electron chi connectivity index (χ0n) is 12.6. The standard InChI is InChI=1S/C15H28N2O2/c1-14(2,3)17-10-8-16(9-11-17)12-15(13(18)19)6-4-5-7-15/h4-12H2,1-3H3,(H,18,19). The molecule has 1 aliphatic carbocycles. The van der Waals surface area contributed by atoms with Gasteiger partial charge in [0.1, 0.15) is 0 Å². The number of carboxylic acid groups (broad SMARTS) is 1. The highest BCUT2D eigenvalue weighted by molar-refractivity contribution is 5.75. The molecule has 2 fully saturated rings. The Labute approximate surface area is 116 Å². The van der Waals surface area contributed by atoms with Crippen LogP contribution in [0.15, 0.2) is 0 Å². The van der Waals surface area contributed by atoms with E-state index >= 15 is 0 Å². The van der Waals surface area contributed by atoms with Crippen molar-refractivity contribution in [3.8, 4) is 0 Å². The number of rotatable bonds is 3. The highest BCUT2D eigenvalue weighted by Gasteiger charge is 2.43. The molecule has 0 aromatic rings. The first kappa shape index (κ1) is 14.8. The van der Waals surface area contributed by atoms with E-state index in [-0.39, 0.29) is 5.54 Å². The number of aliphatic carboxylic acids is 1. The molecule has 2 rings (SSSR count). The molecular formula is C15H28N2O2. The quantitative estimate of drug-likeness (QED) is 0.851. The van der Waals surface area contributed by atoms with Crippen LogP contribution in [-0.4, -0.2) is 59.1 Å². The molecule has 4 heteroatoms. The van der Waals surface area contributed by atoms with Crippen molar-refractivity contribution in [3.63, 3.8) is 0 Å². The predicted octanol–water partition coefficient (Wildman–Crippen LogP) is 2.05. The summed E-state index contributed by atoms with van der Waals surface area (Å²) in [5.41, 5.74) is -0.228. The summed E-state index contributed by atoms with van der Waals surface area (Å²) in [5, 5.41) is 9.54. The van der Waals surface area contributed by atoms with Crippen molar-refractivity contribution in [2.24, 2.45) is 5.41 Å². The minimum absolute atomic E-state index is 0.226. The third kappa shape index (κ3) is 3.29. The fourth-order valence-corrected chi connectivity index (χ4v) is 3.50. The highest BCUT2D eigenvalue weighted by atomic mass is 16.4. The maximum Gasteiger partial charge on any atom is 0.310 e. The summed E-state index contributed by atoms with van der Waals surface area (Å²) in [6, 6.07) is 0. The molecule has 1 heterocycles. The van der Waals surface area contributed by atoms with Crippen LogP contribution in [0, 0.1) is 5.41 Å². The number of piperazine rings is 1. The molecule has 1 saturated heterocycles. The van der Waals surface area contributed by atoms with Crippen molar-refractivity contribution in [2.75, 3.05) is 32.7 Å². The van der Waals surface area contributed by atoms with E-state index in [1.807, 2.05) is 0 Å². The van der Waals surface area contributed by atoms with E-state index in [2.05, 4.69) is 30.6 Å². The van der Waals surface area contributed by atoms with E-state index in [1.54, 1.807) is 0 Å². The highest BCUT2D eigenvalue weighted by Crippen LogP contribution is 2.39. The summed E-state index contributed by atoms with van der Waals surface area (Å²) >= 11 is 0. The fourth-order valence-electron chi connectivity index (χ4n) is 3.50. The lowest BCUT2D eigenvalue weighted by Crippen LogP contribution is -2.55. The van der Waals surface area contributed by atoms with Gasteiger partial charge in [0.05, 0.1) is 5.41 Å². The molecule has 1 saturated carbocycles. The van der Waals surface area contributed by atoms with Gasteiger partial charge in [0, 0.05) is 38.3 Å². The molecule has 0 aromatic heterocycles. The molecule has 0 bridgehead atoms. The summed E-state index contributed by atoms with van der Waals surface area (Å²) in [6.45, 7) is 11.6. The van der Waals surface area contributed by atoms with Crippen molar-refractivity contribution in [3.05, 3.63) is 0 Å². The van der Waals surface area contributed by atoms with Crippen LogP contribution >= 0.6 is 0 Å². The topological polar surface area (TPSA) is 43.8 Å². The fraction of sp³-hybridized carbons (Fsp3) is 0.933. The van der Waals surface area contributed by atoms with Crippen molar-refractivity contribution >= 4 is 5.97 Å². The van der Waals surface area contributed by atoms with E-state index in [0.717, 1.165) is 58.4 Å². The molecule has 0 radical (unpaired) electrons. The zero-order valence-corrected chi connectivity index (χ0v) is 12.6. The molecule has 0 aromatic carbocycles. The zero-order chi connectivity index (χ0) is 14.1. The van der Waals surface area contributed by atoms with Crippen LogP contribution < -0.4 is 0 Å². The number of hydrogen-bond acceptors (Lipinski definition) is 3. The lowest BCUT2D eigenvalue weighted by Gasteiger charge is -2.44. The van der Waals surface area contributed by atoms with E-state index < -0.39 is 11.4 Å². The van der Waals surface area contributed by atoms with Gasteiger partial charge in [-0.1, -0.05) is 12.8 Å². The molecule has 0 atom stereocenters. The van der Waals surface area contributed by atoms with E-state index in [1.165, 1.54) is 0 Å². The normalized spacial score (nSPS) is 25.6. The van der Waals surface area contributed by atoms with Gasteiger partial charge in [-0.05, 0) is 33.6 Å². The minimum Gasteiger partial charge on any atom is -0.481 e. The van der Waals surface area contributed by atoms with Gasteiger partial charge in [0.2, 0.25) is 0 Å². The van der Waals surface area contributed by atoms with E-state index in [0.29, 0.717) is 0 Å². The van der Waals surface area contributed by atoms with Gasteiger partial charge in [0.25, 0.3) is 0 Å². The Balaban J connectivity index is 1.90. The summed E-state index contributed by atoms with van der Waals surface area (Å²) in [4.78, 5) is 16.4. The first-order valence-corrected chi connectivity index (χ1v) is 7.54. The van der Waals surface area contributed by atoms with E-state index in [9.17, 15) is 9.90 Å². The largest absolute Gasteiger partial charge is 0.481 e. The summed E-state index contributed by atoms with van der Waals surface area (Å²) in [5.74, 6) is -0.580.